The second-order valence-corrected chi connectivity index (χ2v) is 10.2. The lowest BCUT2D eigenvalue weighted by molar-refractivity contribution is -0.132. The van der Waals surface area contributed by atoms with Gasteiger partial charge in [-0.2, -0.15) is 0 Å². The Kier molecular flexibility index (Phi) is 6.84. The third kappa shape index (κ3) is 4.87. The minimum Gasteiger partial charge on any atom is -0.502 e. The van der Waals surface area contributed by atoms with E-state index in [2.05, 4.69) is 16.0 Å². The molecule has 210 valence electrons. The molecule has 1 amide bonds. The van der Waals surface area contributed by atoms with Gasteiger partial charge < -0.3 is 33.9 Å². The average molecular weight is 556 g/mol. The number of aromatic nitrogens is 2. The molecule has 0 fully saturated rings. The summed E-state index contributed by atoms with van der Waals surface area (Å²) in [6, 6.07) is 16.0. The maximum absolute atomic E-state index is 13.8. The number of aromatic amines is 2. The van der Waals surface area contributed by atoms with Gasteiger partial charge in [0.05, 0.1) is 19.6 Å². The maximum atomic E-state index is 13.8. The number of para-hydroxylation sites is 1. The molecule has 0 saturated carbocycles. The molecule has 41 heavy (non-hydrogen) atoms. The molecule has 10 nitrogen and oxygen atoms in total. The number of pyridine rings is 1. The van der Waals surface area contributed by atoms with Crippen molar-refractivity contribution in [3.05, 3.63) is 104 Å². The van der Waals surface area contributed by atoms with Crippen LogP contribution < -0.4 is 15.7 Å². The Labute approximate surface area is 234 Å². The second kappa shape index (κ2) is 10.6. The van der Waals surface area contributed by atoms with Crippen LogP contribution in [0.1, 0.15) is 40.7 Å². The molecule has 1 aliphatic heterocycles. The number of benzene rings is 2. The van der Waals surface area contributed by atoms with Gasteiger partial charge in [0.1, 0.15) is 18.1 Å². The van der Waals surface area contributed by atoms with Crippen LogP contribution in [0.25, 0.3) is 21.8 Å². The van der Waals surface area contributed by atoms with Crippen LogP contribution in [0.4, 0.5) is 0 Å². The fourth-order valence-corrected chi connectivity index (χ4v) is 5.65. The molecule has 0 saturated heterocycles. The van der Waals surface area contributed by atoms with E-state index in [9.17, 15) is 19.5 Å². The van der Waals surface area contributed by atoms with Crippen LogP contribution in [0.5, 0.6) is 11.5 Å². The largest absolute Gasteiger partial charge is 0.502 e. The quantitative estimate of drug-likeness (QED) is 0.277. The number of ether oxygens (including phenoxy) is 2. The van der Waals surface area contributed by atoms with Crippen molar-refractivity contribution in [1.82, 2.24) is 14.9 Å². The van der Waals surface area contributed by atoms with E-state index in [4.69, 9.17) is 13.9 Å². The first-order valence-corrected chi connectivity index (χ1v) is 13.3. The molecular weight excluding hydrogens is 526 g/mol. The maximum Gasteiger partial charge on any atom is 0.252 e. The SMILES string of the molecule is COCc1cc(=O)c(O)c(C(CC(=O)N2CCc3c([nH]c4ccccc34)C2)c2cc3cc(OC)ccc3[nH]c2=O)o1. The number of nitrogens with zero attached hydrogens (tertiary/aromatic N) is 1. The number of fused-ring (bicyclic) bond motifs is 4. The average Bonchev–Trinajstić information content (AvgIpc) is 3.35. The van der Waals surface area contributed by atoms with Crippen LogP contribution in [0.2, 0.25) is 0 Å². The summed E-state index contributed by atoms with van der Waals surface area (Å²) in [4.78, 5) is 47.9. The Bertz CT molecular complexity index is 1900. The molecule has 2 aromatic carbocycles. The van der Waals surface area contributed by atoms with Gasteiger partial charge in [-0.1, -0.05) is 18.2 Å². The first-order chi connectivity index (χ1) is 19.9. The van der Waals surface area contributed by atoms with Gasteiger partial charge in [0.2, 0.25) is 17.1 Å². The Hall–Kier alpha value is -4.83. The van der Waals surface area contributed by atoms with Gasteiger partial charge in [0, 0.05) is 59.2 Å². The highest BCUT2D eigenvalue weighted by molar-refractivity contribution is 5.86. The molecule has 1 unspecified atom stereocenters. The fraction of sp³-hybridized carbons (Fsp3) is 0.258. The third-order valence-electron chi connectivity index (χ3n) is 7.67. The van der Waals surface area contributed by atoms with Crippen LogP contribution in [-0.2, 0) is 29.1 Å². The summed E-state index contributed by atoms with van der Waals surface area (Å²) in [5, 5.41) is 12.6. The van der Waals surface area contributed by atoms with E-state index in [-0.39, 0.29) is 36.0 Å². The summed E-state index contributed by atoms with van der Waals surface area (Å²) in [6.07, 6.45) is 0.469. The Morgan fingerprint density at radius 3 is 2.71 bits per heavy atom. The van der Waals surface area contributed by atoms with Crippen molar-refractivity contribution < 1.29 is 23.8 Å². The van der Waals surface area contributed by atoms with E-state index in [1.807, 2.05) is 18.2 Å². The molecule has 0 bridgehead atoms. The lowest BCUT2D eigenvalue weighted by Gasteiger charge is -2.29. The minimum atomic E-state index is -1.05. The number of nitrogens with one attached hydrogen (secondary N) is 2. The number of H-pyrrole nitrogens is 2. The number of methoxy groups -OCH3 is 2. The minimum absolute atomic E-state index is 0.0241. The topological polar surface area (TPSA) is 138 Å². The van der Waals surface area contributed by atoms with Crippen LogP contribution >= 0.6 is 0 Å². The molecule has 4 heterocycles. The molecule has 0 radical (unpaired) electrons. The van der Waals surface area contributed by atoms with E-state index in [1.54, 1.807) is 36.3 Å². The predicted octanol–water partition coefficient (Wildman–Crippen LogP) is 3.93. The first-order valence-electron chi connectivity index (χ1n) is 13.3. The highest BCUT2D eigenvalue weighted by atomic mass is 16.5. The molecule has 1 atom stereocenters. The Morgan fingerprint density at radius 2 is 1.90 bits per heavy atom. The number of hydrogen-bond acceptors (Lipinski definition) is 7. The molecule has 6 rings (SSSR count). The molecular formula is C31H29N3O7. The third-order valence-corrected chi connectivity index (χ3v) is 7.67. The van der Waals surface area contributed by atoms with Crippen molar-refractivity contribution in [1.29, 1.82) is 0 Å². The molecule has 10 heteroatoms. The Balaban J connectivity index is 1.42. The van der Waals surface area contributed by atoms with Gasteiger partial charge >= 0.3 is 0 Å². The summed E-state index contributed by atoms with van der Waals surface area (Å²) in [7, 11) is 2.99. The molecule has 5 aromatic rings. The molecule has 1 aliphatic rings. The molecule has 3 aromatic heterocycles. The number of rotatable bonds is 7. The predicted molar refractivity (Wildman–Crippen MR) is 152 cm³/mol. The van der Waals surface area contributed by atoms with E-state index < -0.39 is 22.7 Å². The van der Waals surface area contributed by atoms with Crippen LogP contribution in [0.15, 0.2) is 68.6 Å². The second-order valence-electron chi connectivity index (χ2n) is 10.2. The molecule has 3 N–H and O–H groups in total. The van der Waals surface area contributed by atoms with Crippen molar-refractivity contribution >= 4 is 27.7 Å². The summed E-state index contributed by atoms with van der Waals surface area (Å²) in [5.41, 5.74) is 2.78. The van der Waals surface area contributed by atoms with E-state index in [1.165, 1.54) is 12.7 Å². The fourth-order valence-electron chi connectivity index (χ4n) is 5.65. The standard InChI is InChI=1S/C31H29N3O7/c1-39-16-19-13-27(35)29(37)30(41-19)22(23-12-17-11-18(40-2)7-8-24(17)33-31(23)38)14-28(36)34-10-9-21-20-5-3-4-6-25(20)32-26(21)15-34/h3-8,11-13,22,32,37H,9-10,14-16H2,1-2H3,(H,33,38). The van der Waals surface area contributed by atoms with Crippen molar-refractivity contribution in [3.63, 3.8) is 0 Å². The van der Waals surface area contributed by atoms with Gasteiger partial charge in [-0.25, -0.2) is 0 Å². The highest BCUT2D eigenvalue weighted by Crippen LogP contribution is 2.35. The first kappa shape index (κ1) is 26.4. The van der Waals surface area contributed by atoms with Gasteiger partial charge in [-0.3, -0.25) is 14.4 Å². The zero-order valence-electron chi connectivity index (χ0n) is 22.7. The van der Waals surface area contributed by atoms with Crippen molar-refractivity contribution in [3.8, 4) is 11.5 Å². The van der Waals surface area contributed by atoms with Crippen molar-refractivity contribution in [2.75, 3.05) is 20.8 Å². The van der Waals surface area contributed by atoms with Crippen LogP contribution in [0, 0.1) is 0 Å². The van der Waals surface area contributed by atoms with E-state index >= 15 is 0 Å². The highest BCUT2D eigenvalue weighted by Gasteiger charge is 2.32. The number of amides is 1. The van der Waals surface area contributed by atoms with Crippen LogP contribution in [0.3, 0.4) is 0 Å². The van der Waals surface area contributed by atoms with Gasteiger partial charge in [-0.15, -0.1) is 0 Å². The summed E-state index contributed by atoms with van der Waals surface area (Å²) in [5.74, 6) is -1.35. The van der Waals surface area contributed by atoms with Crippen molar-refractivity contribution in [2.24, 2.45) is 0 Å². The van der Waals surface area contributed by atoms with Crippen molar-refractivity contribution in [2.45, 2.75) is 31.9 Å². The zero-order chi connectivity index (χ0) is 28.7. The number of carbonyl (C=O) groups is 1. The zero-order valence-corrected chi connectivity index (χ0v) is 22.7. The smallest absolute Gasteiger partial charge is 0.252 e. The number of carbonyl (C=O) groups excluding carboxylic acids is 1. The van der Waals surface area contributed by atoms with Gasteiger partial charge in [-0.05, 0) is 42.3 Å². The lowest BCUT2D eigenvalue weighted by atomic mass is 9.91. The molecule has 0 spiro atoms. The normalized spacial score (nSPS) is 13.9. The molecule has 0 aliphatic carbocycles. The monoisotopic (exact) mass is 555 g/mol. The summed E-state index contributed by atoms with van der Waals surface area (Å²) in [6.45, 7) is 0.843. The van der Waals surface area contributed by atoms with Gasteiger partial charge in [0.25, 0.3) is 5.56 Å². The summed E-state index contributed by atoms with van der Waals surface area (Å²) < 4.78 is 16.4. The Morgan fingerprint density at radius 1 is 1.07 bits per heavy atom. The van der Waals surface area contributed by atoms with E-state index in [0.29, 0.717) is 36.2 Å². The summed E-state index contributed by atoms with van der Waals surface area (Å²) >= 11 is 0. The van der Waals surface area contributed by atoms with Crippen LogP contribution in [-0.4, -0.2) is 46.6 Å². The lowest BCUT2D eigenvalue weighted by Crippen LogP contribution is -2.37. The number of hydrogen-bond donors (Lipinski definition) is 3. The van der Waals surface area contributed by atoms with Gasteiger partial charge in [0.15, 0.2) is 5.76 Å². The number of aromatic hydroxyl groups is 1. The van der Waals surface area contributed by atoms with E-state index in [0.717, 1.165) is 22.7 Å².